The molecular formula is C17H18N4O2. The third-order valence-electron chi connectivity index (χ3n) is 4.04. The van der Waals surface area contributed by atoms with Crippen molar-refractivity contribution in [1.29, 1.82) is 5.41 Å². The molecule has 2 amide bonds. The minimum Gasteiger partial charge on any atom is -0.343 e. The van der Waals surface area contributed by atoms with Crippen molar-refractivity contribution in [3.8, 4) is 0 Å². The minimum absolute atomic E-state index is 0.100. The molecule has 1 aromatic carbocycles. The van der Waals surface area contributed by atoms with Gasteiger partial charge in [-0.15, -0.1) is 0 Å². The number of nitrogens with zero attached hydrogens (tertiary/aromatic N) is 2. The molecule has 0 atom stereocenters. The molecule has 118 valence electrons. The monoisotopic (exact) mass is 310 g/mol. The van der Waals surface area contributed by atoms with E-state index in [4.69, 9.17) is 5.41 Å². The number of hydrogen-bond donors (Lipinski definition) is 2. The van der Waals surface area contributed by atoms with Crippen molar-refractivity contribution in [1.82, 2.24) is 15.2 Å². The summed E-state index contributed by atoms with van der Waals surface area (Å²) in [5, 5.41) is 11.1. The number of carbonyl (C=O) groups excluding carboxylic acids is 2. The predicted octanol–water partition coefficient (Wildman–Crippen LogP) is 1.87. The van der Waals surface area contributed by atoms with E-state index >= 15 is 0 Å². The molecule has 1 aromatic heterocycles. The summed E-state index contributed by atoms with van der Waals surface area (Å²) in [5.74, 6) is -0.216. The van der Waals surface area contributed by atoms with Gasteiger partial charge in [-0.1, -0.05) is 18.2 Å². The summed E-state index contributed by atoms with van der Waals surface area (Å²) < 4.78 is 0. The molecule has 6 heteroatoms. The second-order valence-electron chi connectivity index (χ2n) is 5.61. The number of aryl methyl sites for hydroxylation is 1. The van der Waals surface area contributed by atoms with Crippen molar-refractivity contribution < 1.29 is 9.59 Å². The summed E-state index contributed by atoms with van der Waals surface area (Å²) in [5.41, 5.74) is 2.29. The van der Waals surface area contributed by atoms with Crippen LogP contribution in [0.5, 0.6) is 0 Å². The maximum absolute atomic E-state index is 12.4. The quantitative estimate of drug-likeness (QED) is 0.907. The van der Waals surface area contributed by atoms with Crippen LogP contribution in [0.25, 0.3) is 10.9 Å². The van der Waals surface area contributed by atoms with Crippen LogP contribution >= 0.6 is 0 Å². The summed E-state index contributed by atoms with van der Waals surface area (Å²) in [7, 11) is 0. The number of para-hydroxylation sites is 1. The molecule has 3 rings (SSSR count). The van der Waals surface area contributed by atoms with E-state index < -0.39 is 0 Å². The van der Waals surface area contributed by atoms with Gasteiger partial charge in [-0.25, -0.2) is 0 Å². The van der Waals surface area contributed by atoms with Gasteiger partial charge in [0.2, 0.25) is 5.91 Å². The zero-order valence-corrected chi connectivity index (χ0v) is 12.9. The van der Waals surface area contributed by atoms with Crippen LogP contribution in [0.1, 0.15) is 28.8 Å². The lowest BCUT2D eigenvalue weighted by molar-refractivity contribution is -0.126. The third-order valence-corrected chi connectivity index (χ3v) is 4.04. The third kappa shape index (κ3) is 2.92. The van der Waals surface area contributed by atoms with E-state index in [1.165, 1.54) is 4.90 Å². The van der Waals surface area contributed by atoms with Crippen LogP contribution in [0.2, 0.25) is 0 Å². The van der Waals surface area contributed by atoms with Crippen LogP contribution in [0, 0.1) is 12.3 Å². The van der Waals surface area contributed by atoms with Gasteiger partial charge in [0, 0.05) is 24.5 Å². The van der Waals surface area contributed by atoms with Gasteiger partial charge in [-0.3, -0.25) is 24.9 Å². The second-order valence-corrected chi connectivity index (χ2v) is 5.61. The average molecular weight is 310 g/mol. The second kappa shape index (κ2) is 6.16. The Balaban J connectivity index is 1.75. The van der Waals surface area contributed by atoms with Crippen LogP contribution in [-0.2, 0) is 4.79 Å². The lowest BCUT2D eigenvalue weighted by Gasteiger charge is -2.16. The van der Waals surface area contributed by atoms with Crippen LogP contribution in [-0.4, -0.2) is 40.6 Å². The van der Waals surface area contributed by atoms with E-state index in [2.05, 4.69) is 10.3 Å². The van der Waals surface area contributed by atoms with Crippen molar-refractivity contribution in [2.75, 3.05) is 13.1 Å². The standard InChI is InChI=1S/C17H18N4O2/c1-11-4-2-5-12-13(7-8-19-16(11)12)17(23)20-10-15(22)21-9-3-6-14(21)18/h2,4-5,7-8,18H,3,6,9-10H2,1H3,(H,20,23). The number of benzene rings is 1. The number of hydrogen-bond acceptors (Lipinski definition) is 4. The van der Waals surface area contributed by atoms with Crippen LogP contribution in [0.4, 0.5) is 0 Å². The molecule has 2 aromatic rings. The Bertz CT molecular complexity index is 800. The van der Waals surface area contributed by atoms with Crippen molar-refractivity contribution in [2.45, 2.75) is 19.8 Å². The molecule has 0 bridgehead atoms. The first kappa shape index (κ1) is 15.1. The number of rotatable bonds is 3. The number of nitrogens with one attached hydrogen (secondary N) is 2. The number of fused-ring (bicyclic) bond motifs is 1. The first-order valence-electron chi connectivity index (χ1n) is 7.58. The molecule has 6 nitrogen and oxygen atoms in total. The molecular weight excluding hydrogens is 292 g/mol. The van der Waals surface area contributed by atoms with E-state index in [0.29, 0.717) is 24.4 Å². The number of amidine groups is 1. The number of amides is 2. The van der Waals surface area contributed by atoms with Crippen LogP contribution in [0.15, 0.2) is 30.5 Å². The summed E-state index contributed by atoms with van der Waals surface area (Å²) in [6, 6.07) is 7.33. The first-order valence-corrected chi connectivity index (χ1v) is 7.58. The number of likely N-dealkylation sites (tertiary alicyclic amines) is 1. The highest BCUT2D eigenvalue weighted by atomic mass is 16.2. The number of aromatic nitrogens is 1. The largest absolute Gasteiger partial charge is 0.343 e. The Kier molecular flexibility index (Phi) is 4.06. The van der Waals surface area contributed by atoms with Gasteiger partial charge in [-0.05, 0) is 25.0 Å². The molecule has 0 saturated carbocycles. The van der Waals surface area contributed by atoms with E-state index in [1.54, 1.807) is 12.3 Å². The van der Waals surface area contributed by atoms with Gasteiger partial charge in [0.1, 0.15) is 5.84 Å². The molecule has 0 spiro atoms. The Hall–Kier alpha value is -2.76. The fraction of sp³-hybridized carbons (Fsp3) is 0.294. The normalized spacial score (nSPS) is 14.3. The molecule has 23 heavy (non-hydrogen) atoms. The Morgan fingerprint density at radius 3 is 2.91 bits per heavy atom. The first-order chi connectivity index (χ1) is 11.1. The summed E-state index contributed by atoms with van der Waals surface area (Å²) in [6.45, 7) is 2.40. The zero-order chi connectivity index (χ0) is 16.4. The highest BCUT2D eigenvalue weighted by Crippen LogP contribution is 2.19. The lowest BCUT2D eigenvalue weighted by atomic mass is 10.1. The van der Waals surface area contributed by atoms with Gasteiger partial charge in [0.25, 0.3) is 5.91 Å². The molecule has 2 heterocycles. The molecule has 0 radical (unpaired) electrons. The van der Waals surface area contributed by atoms with Crippen LogP contribution < -0.4 is 5.32 Å². The highest BCUT2D eigenvalue weighted by molar-refractivity contribution is 6.08. The SMILES string of the molecule is Cc1cccc2c(C(=O)NCC(=O)N3CCCC3=N)ccnc12. The van der Waals surface area contributed by atoms with Crippen molar-refractivity contribution in [2.24, 2.45) is 0 Å². The molecule has 1 fully saturated rings. The minimum atomic E-state index is -0.304. The maximum Gasteiger partial charge on any atom is 0.252 e. The summed E-state index contributed by atoms with van der Waals surface area (Å²) in [6.07, 6.45) is 3.03. The van der Waals surface area contributed by atoms with E-state index in [1.807, 2.05) is 25.1 Å². The molecule has 2 N–H and O–H groups in total. The average Bonchev–Trinajstić information content (AvgIpc) is 2.98. The predicted molar refractivity (Wildman–Crippen MR) is 87.5 cm³/mol. The van der Waals surface area contributed by atoms with Gasteiger partial charge in [-0.2, -0.15) is 0 Å². The van der Waals surface area contributed by atoms with E-state index in [0.717, 1.165) is 22.9 Å². The van der Waals surface area contributed by atoms with Gasteiger partial charge in [0.15, 0.2) is 0 Å². The smallest absolute Gasteiger partial charge is 0.252 e. The molecule has 1 aliphatic rings. The highest BCUT2D eigenvalue weighted by Gasteiger charge is 2.23. The summed E-state index contributed by atoms with van der Waals surface area (Å²) in [4.78, 5) is 30.2. The number of pyridine rings is 1. The molecule has 0 aliphatic carbocycles. The fourth-order valence-corrected chi connectivity index (χ4v) is 2.82. The van der Waals surface area contributed by atoms with Crippen molar-refractivity contribution in [3.05, 3.63) is 41.6 Å². The van der Waals surface area contributed by atoms with Gasteiger partial charge < -0.3 is 5.32 Å². The summed E-state index contributed by atoms with van der Waals surface area (Å²) >= 11 is 0. The zero-order valence-electron chi connectivity index (χ0n) is 12.9. The maximum atomic E-state index is 12.4. The Morgan fingerprint density at radius 2 is 2.17 bits per heavy atom. The van der Waals surface area contributed by atoms with Gasteiger partial charge in [0.05, 0.1) is 17.6 Å². The van der Waals surface area contributed by atoms with Crippen molar-refractivity contribution >= 4 is 28.6 Å². The fourth-order valence-electron chi connectivity index (χ4n) is 2.82. The van der Waals surface area contributed by atoms with E-state index in [-0.39, 0.29) is 18.4 Å². The lowest BCUT2D eigenvalue weighted by Crippen LogP contribution is -2.40. The Labute approximate surface area is 134 Å². The van der Waals surface area contributed by atoms with Gasteiger partial charge >= 0.3 is 0 Å². The topological polar surface area (TPSA) is 86.2 Å². The molecule has 0 unspecified atom stereocenters. The Morgan fingerprint density at radius 1 is 1.35 bits per heavy atom. The molecule has 1 saturated heterocycles. The van der Waals surface area contributed by atoms with Crippen LogP contribution in [0.3, 0.4) is 0 Å². The number of carbonyl (C=O) groups is 2. The van der Waals surface area contributed by atoms with E-state index in [9.17, 15) is 9.59 Å². The molecule has 1 aliphatic heterocycles. The van der Waals surface area contributed by atoms with Crippen molar-refractivity contribution in [3.63, 3.8) is 0 Å².